The number of halogens is 1. The van der Waals surface area contributed by atoms with E-state index in [0.29, 0.717) is 12.5 Å². The number of β-amino-alcohol motifs (C(OH)–C–C–N with tert-alkyl or cyclic N) is 1. The summed E-state index contributed by atoms with van der Waals surface area (Å²) in [5.41, 5.74) is 2.09. The highest BCUT2D eigenvalue weighted by atomic mass is 19.1. The molecule has 1 aliphatic rings. The predicted molar refractivity (Wildman–Crippen MR) is 110 cm³/mol. The summed E-state index contributed by atoms with van der Waals surface area (Å²) in [6.07, 6.45) is 1.91. The Morgan fingerprint density at radius 3 is 2.48 bits per heavy atom. The molecule has 2 aromatic carbocycles. The number of carbonyl (C=O) groups excluding carboxylic acids is 1. The van der Waals surface area contributed by atoms with Crippen molar-refractivity contribution in [1.82, 2.24) is 10.2 Å². The number of amides is 1. The first-order valence-corrected chi connectivity index (χ1v) is 10.2. The maximum Gasteiger partial charge on any atom is 0.407 e. The van der Waals surface area contributed by atoms with E-state index in [1.165, 1.54) is 17.7 Å². The van der Waals surface area contributed by atoms with Crippen molar-refractivity contribution >= 4 is 6.09 Å². The van der Waals surface area contributed by atoms with Gasteiger partial charge in [-0.2, -0.15) is 0 Å². The van der Waals surface area contributed by atoms with Crippen LogP contribution < -0.4 is 5.32 Å². The van der Waals surface area contributed by atoms with Gasteiger partial charge in [-0.15, -0.1) is 0 Å². The summed E-state index contributed by atoms with van der Waals surface area (Å²) in [6.45, 7) is 2.75. The molecular weight excluding hydrogens is 371 g/mol. The summed E-state index contributed by atoms with van der Waals surface area (Å²) in [4.78, 5) is 14.0. The Balaban J connectivity index is 1.29. The zero-order valence-electron chi connectivity index (χ0n) is 16.6. The van der Waals surface area contributed by atoms with E-state index in [-0.39, 0.29) is 19.0 Å². The zero-order chi connectivity index (χ0) is 20.5. The van der Waals surface area contributed by atoms with Gasteiger partial charge in [0.15, 0.2) is 0 Å². The molecule has 0 bridgehead atoms. The van der Waals surface area contributed by atoms with Crippen LogP contribution in [-0.4, -0.2) is 48.4 Å². The number of hydrogen-bond donors (Lipinski definition) is 2. The lowest BCUT2D eigenvalue weighted by atomic mass is 9.90. The van der Waals surface area contributed by atoms with Crippen LogP contribution in [0, 0.1) is 11.7 Å². The fourth-order valence-corrected chi connectivity index (χ4v) is 3.66. The van der Waals surface area contributed by atoms with Gasteiger partial charge in [-0.3, -0.25) is 0 Å². The molecule has 1 saturated heterocycles. The highest BCUT2D eigenvalue weighted by Gasteiger charge is 2.21. The van der Waals surface area contributed by atoms with E-state index in [1.54, 1.807) is 0 Å². The molecule has 0 spiro atoms. The third kappa shape index (κ3) is 7.48. The molecule has 1 fully saturated rings. The van der Waals surface area contributed by atoms with Gasteiger partial charge >= 0.3 is 6.09 Å². The smallest absolute Gasteiger partial charge is 0.407 e. The van der Waals surface area contributed by atoms with Gasteiger partial charge < -0.3 is 20.1 Å². The average molecular weight is 400 g/mol. The molecule has 1 aliphatic heterocycles. The summed E-state index contributed by atoms with van der Waals surface area (Å²) < 4.78 is 18.2. The molecule has 2 aromatic rings. The molecule has 2 N–H and O–H groups in total. The molecule has 0 aromatic heterocycles. The van der Waals surface area contributed by atoms with Crippen LogP contribution in [0.2, 0.25) is 0 Å². The number of nitrogens with one attached hydrogen (secondary N) is 1. The van der Waals surface area contributed by atoms with E-state index >= 15 is 0 Å². The average Bonchev–Trinajstić information content (AvgIpc) is 2.74. The second-order valence-electron chi connectivity index (χ2n) is 7.67. The predicted octanol–water partition coefficient (Wildman–Crippen LogP) is 3.37. The summed E-state index contributed by atoms with van der Waals surface area (Å²) in [7, 11) is 0. The fraction of sp³-hybridized carbons (Fsp3) is 0.435. The maximum absolute atomic E-state index is 13.0. The van der Waals surface area contributed by atoms with Gasteiger partial charge in [0, 0.05) is 13.1 Å². The van der Waals surface area contributed by atoms with Gasteiger partial charge in [0.25, 0.3) is 0 Å². The quantitative estimate of drug-likeness (QED) is 0.713. The number of likely N-dealkylation sites (tertiary alicyclic amines) is 1. The van der Waals surface area contributed by atoms with E-state index in [1.807, 2.05) is 42.5 Å². The van der Waals surface area contributed by atoms with Crippen molar-refractivity contribution in [2.45, 2.75) is 32.0 Å². The van der Waals surface area contributed by atoms with E-state index in [4.69, 9.17) is 4.74 Å². The molecule has 0 radical (unpaired) electrons. The molecule has 1 unspecified atom stereocenters. The van der Waals surface area contributed by atoms with Gasteiger partial charge in [-0.25, -0.2) is 9.18 Å². The van der Waals surface area contributed by atoms with E-state index < -0.39 is 12.2 Å². The number of nitrogens with zero attached hydrogens (tertiary/aromatic N) is 1. The van der Waals surface area contributed by atoms with Crippen molar-refractivity contribution in [3.8, 4) is 0 Å². The number of carbonyl (C=O) groups is 1. The lowest BCUT2D eigenvalue weighted by Crippen LogP contribution is -2.43. The number of hydrogen-bond acceptors (Lipinski definition) is 4. The molecule has 0 aliphatic carbocycles. The topological polar surface area (TPSA) is 61.8 Å². The van der Waals surface area contributed by atoms with Crippen molar-refractivity contribution in [2.75, 3.05) is 26.2 Å². The molecule has 0 saturated carbocycles. The molecule has 5 nitrogen and oxygen atoms in total. The normalized spacial score (nSPS) is 16.3. The Morgan fingerprint density at radius 2 is 1.79 bits per heavy atom. The lowest BCUT2D eigenvalue weighted by molar-refractivity contribution is 0.0837. The van der Waals surface area contributed by atoms with Crippen molar-refractivity contribution < 1.29 is 19.0 Å². The molecule has 1 amide bonds. The van der Waals surface area contributed by atoms with E-state index in [9.17, 15) is 14.3 Å². The molecule has 29 heavy (non-hydrogen) atoms. The van der Waals surface area contributed by atoms with Crippen molar-refractivity contribution in [2.24, 2.45) is 5.92 Å². The molecule has 6 heteroatoms. The Morgan fingerprint density at radius 1 is 1.10 bits per heavy atom. The van der Waals surface area contributed by atoms with Crippen LogP contribution in [0.1, 0.15) is 24.0 Å². The number of piperidine rings is 1. The Kier molecular flexibility index (Phi) is 8.02. The number of aliphatic hydroxyl groups excluding tert-OH is 1. The minimum absolute atomic E-state index is 0.170. The molecule has 3 rings (SSSR count). The van der Waals surface area contributed by atoms with Gasteiger partial charge in [-0.1, -0.05) is 42.5 Å². The van der Waals surface area contributed by atoms with Crippen molar-refractivity contribution in [1.29, 1.82) is 0 Å². The standard InChI is InChI=1S/C23H29FN2O3/c24-21-8-6-18(7-9-21)14-19-10-12-26(13-11-19)16-22(27)15-25-23(28)29-17-20-4-2-1-3-5-20/h1-9,19,22,27H,10-17H2,(H,25,28). The zero-order valence-corrected chi connectivity index (χ0v) is 16.6. The van der Waals surface area contributed by atoms with Gasteiger partial charge in [0.1, 0.15) is 12.4 Å². The van der Waals surface area contributed by atoms with Gasteiger partial charge in [0.2, 0.25) is 0 Å². The molecule has 1 atom stereocenters. The van der Waals surface area contributed by atoms with E-state index in [0.717, 1.165) is 37.9 Å². The van der Waals surface area contributed by atoms with Crippen LogP contribution in [-0.2, 0) is 17.8 Å². The fourth-order valence-electron chi connectivity index (χ4n) is 3.66. The number of aliphatic hydroxyl groups is 1. The molecule has 156 valence electrons. The third-order valence-electron chi connectivity index (χ3n) is 5.31. The van der Waals surface area contributed by atoms with Crippen LogP contribution in [0.25, 0.3) is 0 Å². The Bertz CT molecular complexity index is 746. The first kappa shape index (κ1) is 21.3. The SMILES string of the molecule is O=C(NCC(O)CN1CCC(Cc2ccc(F)cc2)CC1)OCc1ccccc1. The van der Waals surface area contributed by atoms with Gasteiger partial charge in [-0.05, 0) is 61.5 Å². The van der Waals surface area contributed by atoms with Crippen LogP contribution >= 0.6 is 0 Å². The van der Waals surface area contributed by atoms with Crippen molar-refractivity contribution in [3.63, 3.8) is 0 Å². The summed E-state index contributed by atoms with van der Waals surface area (Å²) in [6, 6.07) is 16.2. The maximum atomic E-state index is 13.0. The summed E-state index contributed by atoms with van der Waals surface area (Å²) in [5.74, 6) is 0.384. The number of benzene rings is 2. The second-order valence-corrected chi connectivity index (χ2v) is 7.67. The first-order valence-electron chi connectivity index (χ1n) is 10.2. The van der Waals surface area contributed by atoms with Crippen LogP contribution in [0.15, 0.2) is 54.6 Å². The van der Waals surface area contributed by atoms with Crippen molar-refractivity contribution in [3.05, 3.63) is 71.5 Å². The first-order chi connectivity index (χ1) is 14.1. The van der Waals surface area contributed by atoms with Crippen LogP contribution in [0.5, 0.6) is 0 Å². The molecular formula is C23H29FN2O3. The highest BCUT2D eigenvalue weighted by Crippen LogP contribution is 2.22. The minimum atomic E-state index is -0.632. The molecule has 1 heterocycles. The van der Waals surface area contributed by atoms with Crippen LogP contribution in [0.3, 0.4) is 0 Å². The van der Waals surface area contributed by atoms with Gasteiger partial charge in [0.05, 0.1) is 6.10 Å². The summed E-state index contributed by atoms with van der Waals surface area (Å²) in [5, 5.41) is 12.8. The lowest BCUT2D eigenvalue weighted by Gasteiger charge is -2.33. The van der Waals surface area contributed by atoms with Crippen LogP contribution in [0.4, 0.5) is 9.18 Å². The van der Waals surface area contributed by atoms with E-state index in [2.05, 4.69) is 10.2 Å². The third-order valence-corrected chi connectivity index (χ3v) is 5.31. The number of alkyl carbamates (subject to hydrolysis) is 1. The number of rotatable bonds is 8. The monoisotopic (exact) mass is 400 g/mol. The highest BCUT2D eigenvalue weighted by molar-refractivity contribution is 5.67. The largest absolute Gasteiger partial charge is 0.445 e. The number of ether oxygens (including phenoxy) is 1. The summed E-state index contributed by atoms with van der Waals surface area (Å²) >= 11 is 0. The Hall–Kier alpha value is -2.44. The minimum Gasteiger partial charge on any atom is -0.445 e. The Labute approximate surface area is 171 Å². The second kappa shape index (κ2) is 10.9.